The summed E-state index contributed by atoms with van der Waals surface area (Å²) in [5, 5.41) is 1.21. The van der Waals surface area contributed by atoms with Crippen molar-refractivity contribution in [3.63, 3.8) is 0 Å². The molecule has 0 radical (unpaired) electrons. The van der Waals surface area contributed by atoms with Gasteiger partial charge in [-0.25, -0.2) is 0 Å². The molecule has 5 rings (SSSR count). The van der Waals surface area contributed by atoms with Crippen LogP contribution < -0.4 is 9.47 Å². The number of aromatic nitrogens is 1. The first-order chi connectivity index (χ1) is 16.0. The van der Waals surface area contributed by atoms with Gasteiger partial charge in [0.05, 0.1) is 19.9 Å². The van der Waals surface area contributed by atoms with E-state index in [-0.39, 0.29) is 6.10 Å². The van der Waals surface area contributed by atoms with E-state index >= 15 is 0 Å². The average Bonchev–Trinajstić information content (AvgIpc) is 3.14. The van der Waals surface area contributed by atoms with Gasteiger partial charge < -0.3 is 14.2 Å². The number of halogens is 2. The molecule has 33 heavy (non-hydrogen) atoms. The van der Waals surface area contributed by atoms with Crippen LogP contribution in [0.3, 0.4) is 0 Å². The second kappa shape index (κ2) is 9.15. The number of rotatable bonds is 5. The Morgan fingerprint density at radius 3 is 2.48 bits per heavy atom. The molecule has 1 atom stereocenters. The minimum Gasteiger partial charge on any atom is -0.497 e. The van der Waals surface area contributed by atoms with Crippen LogP contribution in [0.25, 0.3) is 0 Å². The topological polar surface area (TPSA) is 43.8 Å². The third-order valence-corrected chi connectivity index (χ3v) is 7.07. The minimum atomic E-state index is -0.406. The molecule has 0 bridgehead atoms. The van der Waals surface area contributed by atoms with Gasteiger partial charge in [0.25, 0.3) is 0 Å². The van der Waals surface area contributed by atoms with Gasteiger partial charge in [-0.2, -0.15) is 0 Å². The highest BCUT2D eigenvalue weighted by Crippen LogP contribution is 2.51. The van der Waals surface area contributed by atoms with Gasteiger partial charge in [0.2, 0.25) is 0 Å². The number of hydrogen-bond donors (Lipinski definition) is 0. The quantitative estimate of drug-likeness (QED) is 0.443. The van der Waals surface area contributed by atoms with Crippen molar-refractivity contribution in [3.05, 3.63) is 87.2 Å². The Hall–Kier alpha value is -2.31. The van der Waals surface area contributed by atoms with Gasteiger partial charge in [-0.1, -0.05) is 35.3 Å². The molecule has 0 aliphatic carbocycles. The number of fused-ring (bicyclic) bond motifs is 2. The number of likely N-dealkylation sites (tertiary alicyclic amines) is 1. The molecular formula is C26H26Cl2N2O3. The molecule has 5 nitrogen and oxygen atoms in total. The maximum Gasteiger partial charge on any atom is 0.127 e. The molecule has 1 unspecified atom stereocenters. The first kappa shape index (κ1) is 22.5. The van der Waals surface area contributed by atoms with Gasteiger partial charge in [0.1, 0.15) is 23.2 Å². The van der Waals surface area contributed by atoms with E-state index in [2.05, 4.69) is 17.0 Å². The summed E-state index contributed by atoms with van der Waals surface area (Å²) in [6.45, 7) is 2.61. The molecular weight excluding hydrogens is 459 g/mol. The molecule has 3 heterocycles. The van der Waals surface area contributed by atoms with E-state index in [1.54, 1.807) is 20.3 Å². The predicted molar refractivity (Wildman–Crippen MR) is 129 cm³/mol. The van der Waals surface area contributed by atoms with E-state index in [0.29, 0.717) is 10.0 Å². The van der Waals surface area contributed by atoms with Crippen molar-refractivity contribution in [3.8, 4) is 11.5 Å². The predicted octanol–water partition coefficient (Wildman–Crippen LogP) is 6.02. The Kier molecular flexibility index (Phi) is 6.23. The number of ether oxygens (including phenoxy) is 3. The lowest BCUT2D eigenvalue weighted by Gasteiger charge is -2.39. The van der Waals surface area contributed by atoms with Gasteiger partial charge in [0, 0.05) is 53.1 Å². The summed E-state index contributed by atoms with van der Waals surface area (Å²) in [7, 11) is 3.36. The highest BCUT2D eigenvalue weighted by molar-refractivity contribution is 6.34. The van der Waals surface area contributed by atoms with Crippen LogP contribution >= 0.6 is 23.2 Å². The molecule has 1 spiro atoms. The molecule has 172 valence electrons. The van der Waals surface area contributed by atoms with Crippen molar-refractivity contribution in [2.24, 2.45) is 0 Å². The Morgan fingerprint density at radius 1 is 1.03 bits per heavy atom. The summed E-state index contributed by atoms with van der Waals surface area (Å²) >= 11 is 12.6. The maximum absolute atomic E-state index is 6.78. The summed E-state index contributed by atoms with van der Waals surface area (Å²) in [5.74, 6) is 1.64. The van der Waals surface area contributed by atoms with Crippen LogP contribution in [0, 0.1) is 0 Å². The van der Waals surface area contributed by atoms with Crippen LogP contribution in [0.1, 0.15) is 41.3 Å². The van der Waals surface area contributed by atoms with Gasteiger partial charge >= 0.3 is 0 Å². The zero-order valence-electron chi connectivity index (χ0n) is 18.7. The molecule has 1 aromatic heterocycles. The zero-order valence-corrected chi connectivity index (χ0v) is 20.2. The lowest BCUT2D eigenvalue weighted by Crippen LogP contribution is -2.42. The van der Waals surface area contributed by atoms with Crippen LogP contribution in [0.5, 0.6) is 11.5 Å². The van der Waals surface area contributed by atoms with Gasteiger partial charge in [-0.3, -0.25) is 9.88 Å². The van der Waals surface area contributed by atoms with E-state index in [1.807, 2.05) is 36.5 Å². The van der Waals surface area contributed by atoms with Crippen molar-refractivity contribution in [2.45, 2.75) is 31.1 Å². The fourth-order valence-corrected chi connectivity index (χ4v) is 5.52. The molecule has 3 aromatic rings. The van der Waals surface area contributed by atoms with Gasteiger partial charge in [-0.05, 0) is 48.7 Å². The monoisotopic (exact) mass is 484 g/mol. The van der Waals surface area contributed by atoms with E-state index in [9.17, 15) is 0 Å². The number of piperidine rings is 1. The molecule has 0 N–H and O–H groups in total. The van der Waals surface area contributed by atoms with Crippen LogP contribution in [-0.4, -0.2) is 37.2 Å². The summed E-state index contributed by atoms with van der Waals surface area (Å²) in [5.41, 5.74) is 3.83. The van der Waals surface area contributed by atoms with Crippen LogP contribution in [0.15, 0.2) is 54.7 Å². The summed E-state index contributed by atoms with van der Waals surface area (Å²) < 4.78 is 17.7. The van der Waals surface area contributed by atoms with Crippen molar-refractivity contribution in [1.82, 2.24) is 9.88 Å². The number of benzene rings is 2. The fourth-order valence-electron chi connectivity index (χ4n) is 4.98. The second-order valence-corrected chi connectivity index (χ2v) is 9.46. The molecule has 7 heteroatoms. The maximum atomic E-state index is 6.78. The lowest BCUT2D eigenvalue weighted by molar-refractivity contribution is -0.0996. The molecule has 2 aliphatic rings. The van der Waals surface area contributed by atoms with Gasteiger partial charge in [-0.15, -0.1) is 0 Å². The average molecular weight is 485 g/mol. The summed E-state index contributed by atoms with van der Waals surface area (Å²) in [4.78, 5) is 7.20. The van der Waals surface area contributed by atoms with Gasteiger partial charge in [0.15, 0.2) is 0 Å². The van der Waals surface area contributed by atoms with Crippen molar-refractivity contribution < 1.29 is 14.2 Å². The Morgan fingerprint density at radius 2 is 1.79 bits per heavy atom. The van der Waals surface area contributed by atoms with Crippen molar-refractivity contribution in [2.75, 3.05) is 27.3 Å². The third-order valence-electron chi connectivity index (χ3n) is 6.64. The molecule has 2 aromatic carbocycles. The first-order valence-electron chi connectivity index (χ1n) is 11.0. The van der Waals surface area contributed by atoms with Crippen LogP contribution in [0.2, 0.25) is 10.0 Å². The Bertz CT molecular complexity index is 1140. The molecule has 1 saturated heterocycles. The van der Waals surface area contributed by atoms with E-state index in [4.69, 9.17) is 42.4 Å². The largest absolute Gasteiger partial charge is 0.497 e. The molecule has 0 saturated carbocycles. The fraction of sp³-hybridized carbons (Fsp3) is 0.346. The van der Waals surface area contributed by atoms with Crippen molar-refractivity contribution in [1.29, 1.82) is 0 Å². The Balaban J connectivity index is 1.36. The molecule has 2 aliphatic heterocycles. The zero-order chi connectivity index (χ0) is 23.0. The smallest absolute Gasteiger partial charge is 0.127 e. The Labute approximate surface area is 204 Å². The van der Waals surface area contributed by atoms with Crippen molar-refractivity contribution >= 4 is 23.2 Å². The number of hydrogen-bond acceptors (Lipinski definition) is 5. The van der Waals surface area contributed by atoms with Crippen LogP contribution in [-0.2, 0) is 16.9 Å². The number of nitrogens with zero attached hydrogens (tertiary/aromatic N) is 2. The number of methoxy groups -OCH3 is 2. The first-order valence-corrected chi connectivity index (χ1v) is 11.8. The van der Waals surface area contributed by atoms with E-state index in [1.165, 1.54) is 0 Å². The minimum absolute atomic E-state index is 0.224. The standard InChI is InChI=1S/C26H26Cl2N2O3/c1-31-21-6-5-17(23(15-21)32-2)16-30-10-7-26(8-11-30)25-22(4-3-9-29-25)24(33-26)18-12-19(27)14-20(28)13-18/h3-6,9,12-15,24H,7-8,10-11,16H2,1-2H3. The van der Waals surface area contributed by atoms with E-state index < -0.39 is 5.60 Å². The highest BCUT2D eigenvalue weighted by Gasteiger charge is 2.48. The SMILES string of the molecule is COc1ccc(CN2CCC3(CC2)OC(c2cc(Cl)cc(Cl)c2)c2cccnc23)c(OC)c1. The summed E-state index contributed by atoms with van der Waals surface area (Å²) in [6.07, 6.45) is 3.35. The lowest BCUT2D eigenvalue weighted by atomic mass is 9.86. The normalized spacial score (nSPS) is 19.5. The second-order valence-electron chi connectivity index (χ2n) is 8.59. The molecule has 1 fully saturated rings. The third kappa shape index (κ3) is 4.31. The number of pyridine rings is 1. The van der Waals surface area contributed by atoms with Crippen LogP contribution in [0.4, 0.5) is 0 Å². The summed E-state index contributed by atoms with van der Waals surface area (Å²) in [6, 6.07) is 15.7. The highest BCUT2D eigenvalue weighted by atomic mass is 35.5. The van der Waals surface area contributed by atoms with E-state index in [0.717, 1.165) is 66.4 Å². The molecule has 0 amide bonds.